The van der Waals surface area contributed by atoms with Crippen molar-refractivity contribution >= 4 is 5.97 Å². The lowest BCUT2D eigenvalue weighted by Crippen LogP contribution is -2.67. The van der Waals surface area contributed by atoms with E-state index in [9.17, 15) is 40.5 Å². The van der Waals surface area contributed by atoms with Gasteiger partial charge in [-0.1, -0.05) is 13.8 Å². The van der Waals surface area contributed by atoms with Crippen molar-refractivity contribution in [3.8, 4) is 0 Å². The lowest BCUT2D eigenvalue weighted by molar-refractivity contribution is -0.336. The maximum atomic E-state index is 12.6. The van der Waals surface area contributed by atoms with Crippen LogP contribution in [-0.4, -0.2) is 146 Å². The van der Waals surface area contributed by atoms with E-state index in [0.29, 0.717) is 17.9 Å². The predicted octanol–water partition coefficient (Wildman–Crippen LogP) is 1.19. The first kappa shape index (κ1) is 41.4. The van der Waals surface area contributed by atoms with E-state index in [1.807, 2.05) is 13.8 Å². The standard InChI is InChI=1S/C41H64O15/c1-18-36(48)26(42)13-33(51-18)55-38-20(3)53-34(15-28(38)44)56-37-19(2)52-32(14-27(37)43)54-23-8-9-39(4)22(11-23)6-7-24-25(39)12-30(46)40(5)35(21-10-31(47)50-17-21)29(45)16-41(24,40)49/h10,18-20,22-30,32-38,42-46,48-49H,6-9,11-17H2,1-5H3/t18-,19+,20+,22+,23-,24+,25-,26-,27-,28-,29-,30+,32-,33-,34-,35-,36+,37+,38+,39-,40+,41-/m0/s1. The average molecular weight is 797 g/mol. The minimum atomic E-state index is -1.29. The fourth-order valence-corrected chi connectivity index (χ4v) is 12.8. The van der Waals surface area contributed by atoms with E-state index in [2.05, 4.69) is 6.92 Å². The highest BCUT2D eigenvalue weighted by molar-refractivity contribution is 5.85. The molecule has 22 atom stereocenters. The third-order valence-corrected chi connectivity index (χ3v) is 15.9. The second-order valence-corrected chi connectivity index (χ2v) is 19.0. The van der Waals surface area contributed by atoms with Crippen LogP contribution in [0.3, 0.4) is 0 Å². The van der Waals surface area contributed by atoms with Gasteiger partial charge in [0.2, 0.25) is 0 Å². The highest BCUT2D eigenvalue weighted by atomic mass is 16.7. The minimum Gasteiger partial charge on any atom is -0.458 e. The summed E-state index contributed by atoms with van der Waals surface area (Å²) in [5.74, 6) is -0.755. The number of carbonyl (C=O) groups is 1. The molecule has 0 aromatic carbocycles. The van der Waals surface area contributed by atoms with E-state index in [1.165, 1.54) is 6.08 Å². The second-order valence-electron chi connectivity index (χ2n) is 19.0. The topological polar surface area (TPSA) is 223 Å². The van der Waals surface area contributed by atoms with E-state index < -0.39 is 109 Å². The van der Waals surface area contributed by atoms with Crippen molar-refractivity contribution in [3.63, 3.8) is 0 Å². The number of ether oxygens (including phenoxy) is 7. The molecule has 4 aliphatic carbocycles. The van der Waals surface area contributed by atoms with Gasteiger partial charge in [0.15, 0.2) is 18.9 Å². The molecule has 15 nitrogen and oxygen atoms in total. The fourth-order valence-electron chi connectivity index (χ4n) is 12.8. The summed E-state index contributed by atoms with van der Waals surface area (Å²) in [4.78, 5) is 12.0. The smallest absolute Gasteiger partial charge is 0.331 e. The Hall–Kier alpha value is -1.31. The Bertz CT molecular complexity index is 1440. The van der Waals surface area contributed by atoms with E-state index >= 15 is 0 Å². The molecule has 318 valence electrons. The summed E-state index contributed by atoms with van der Waals surface area (Å²) in [7, 11) is 0. The average Bonchev–Trinajstić information content (AvgIpc) is 3.64. The lowest BCUT2D eigenvalue weighted by Gasteiger charge is -2.65. The van der Waals surface area contributed by atoms with Crippen LogP contribution in [0.25, 0.3) is 0 Å². The third kappa shape index (κ3) is 6.91. The van der Waals surface area contributed by atoms with Crippen LogP contribution in [0.15, 0.2) is 11.6 Å². The first-order valence-corrected chi connectivity index (χ1v) is 21.0. The zero-order valence-electron chi connectivity index (χ0n) is 33.2. The Labute approximate surface area is 328 Å². The molecule has 0 aromatic heterocycles. The molecule has 0 amide bonds. The van der Waals surface area contributed by atoms with Crippen LogP contribution < -0.4 is 0 Å². The van der Waals surface area contributed by atoms with Gasteiger partial charge in [-0.25, -0.2) is 4.79 Å². The molecule has 4 heterocycles. The molecule has 8 rings (SSSR count). The summed E-state index contributed by atoms with van der Waals surface area (Å²) in [6.07, 6.45) is -4.69. The van der Waals surface area contributed by atoms with Gasteiger partial charge in [-0.3, -0.25) is 0 Å². The Morgan fingerprint density at radius 1 is 0.696 bits per heavy atom. The zero-order chi connectivity index (χ0) is 40.1. The van der Waals surface area contributed by atoms with Gasteiger partial charge < -0.3 is 68.9 Å². The first-order valence-electron chi connectivity index (χ1n) is 21.0. The summed E-state index contributed by atoms with van der Waals surface area (Å²) in [6, 6.07) is 0. The lowest BCUT2D eigenvalue weighted by atomic mass is 9.42. The summed E-state index contributed by atoms with van der Waals surface area (Å²) in [6.45, 7) is 9.48. The molecule has 15 heteroatoms. The van der Waals surface area contributed by atoms with Crippen LogP contribution in [-0.2, 0) is 38.0 Å². The number of hydrogen-bond donors (Lipinski definition) is 7. The summed E-state index contributed by atoms with van der Waals surface area (Å²) in [5, 5.41) is 78.2. The van der Waals surface area contributed by atoms with E-state index in [-0.39, 0.29) is 55.6 Å². The molecular formula is C41H64O15. The summed E-state index contributed by atoms with van der Waals surface area (Å²) >= 11 is 0. The second kappa shape index (κ2) is 15.3. The molecule has 4 aliphatic heterocycles. The van der Waals surface area contributed by atoms with Crippen LogP contribution in [0.4, 0.5) is 0 Å². The number of aliphatic hydroxyl groups is 7. The molecular weight excluding hydrogens is 732 g/mol. The molecule has 4 saturated carbocycles. The van der Waals surface area contributed by atoms with Crippen molar-refractivity contribution in [3.05, 3.63) is 11.6 Å². The van der Waals surface area contributed by atoms with Crippen LogP contribution in [0.2, 0.25) is 0 Å². The summed E-state index contributed by atoms with van der Waals surface area (Å²) in [5.41, 5.74) is -1.79. The van der Waals surface area contributed by atoms with E-state index in [4.69, 9.17) is 33.2 Å². The number of rotatable bonds is 7. The molecule has 8 aliphatic rings. The van der Waals surface area contributed by atoms with Gasteiger partial charge in [-0.05, 0) is 88.0 Å². The van der Waals surface area contributed by atoms with Gasteiger partial charge in [0, 0.05) is 43.1 Å². The highest BCUT2D eigenvalue weighted by Gasteiger charge is 2.73. The van der Waals surface area contributed by atoms with Gasteiger partial charge in [0.1, 0.15) is 24.9 Å². The van der Waals surface area contributed by atoms with Gasteiger partial charge in [0.05, 0.1) is 60.5 Å². The van der Waals surface area contributed by atoms with Crippen LogP contribution in [0.1, 0.15) is 98.8 Å². The minimum absolute atomic E-state index is 0.0543. The number of fused-ring (bicyclic) bond motifs is 5. The maximum absolute atomic E-state index is 12.6. The number of carbonyl (C=O) groups excluding carboxylic acids is 1. The fraction of sp³-hybridized carbons (Fsp3) is 0.927. The van der Waals surface area contributed by atoms with Crippen molar-refractivity contribution in [2.24, 2.45) is 34.5 Å². The Balaban J connectivity index is 0.845. The first-order chi connectivity index (χ1) is 26.4. The molecule has 3 saturated heterocycles. The predicted molar refractivity (Wildman–Crippen MR) is 194 cm³/mol. The van der Waals surface area contributed by atoms with Crippen molar-refractivity contribution in [2.45, 2.75) is 197 Å². The van der Waals surface area contributed by atoms with Crippen LogP contribution in [0, 0.1) is 34.5 Å². The molecule has 0 aromatic rings. The molecule has 7 fully saturated rings. The number of esters is 1. The summed E-state index contributed by atoms with van der Waals surface area (Å²) < 4.78 is 42.0. The number of hydrogen-bond acceptors (Lipinski definition) is 15. The van der Waals surface area contributed by atoms with E-state index in [0.717, 1.165) is 32.1 Å². The van der Waals surface area contributed by atoms with Crippen molar-refractivity contribution < 1.29 is 73.7 Å². The molecule has 0 unspecified atom stereocenters. The van der Waals surface area contributed by atoms with Crippen molar-refractivity contribution in [1.29, 1.82) is 0 Å². The molecule has 0 bridgehead atoms. The monoisotopic (exact) mass is 796 g/mol. The SMILES string of the molecule is C[C@@H]1O[C@@H](O[C@H]2[C@@H](O)C[C@H](O[C@H]3[C@@H](O)C[C@H](O[C@H]4CC[C@@]5(C)[C@H](CC[C@@H]6[C@@H]5C[C@@H](O)[C@]5(C)[C@@H](C7=CC(=O)OC7)[C@@H](O)C[C@]65O)C4)O[C@@H]3C)O[C@@H]2C)C[C@H](O)[C@@H]1O. The van der Waals surface area contributed by atoms with Gasteiger partial charge >= 0.3 is 5.97 Å². The van der Waals surface area contributed by atoms with Gasteiger partial charge in [-0.15, -0.1) is 0 Å². The van der Waals surface area contributed by atoms with Gasteiger partial charge in [-0.2, -0.15) is 0 Å². The molecule has 0 radical (unpaired) electrons. The Kier molecular flexibility index (Phi) is 11.3. The van der Waals surface area contributed by atoms with Crippen molar-refractivity contribution in [2.75, 3.05) is 6.61 Å². The Morgan fingerprint density at radius 2 is 1.29 bits per heavy atom. The quantitative estimate of drug-likeness (QED) is 0.142. The number of aliphatic hydroxyl groups excluding tert-OH is 6. The number of cyclic esters (lactones) is 1. The van der Waals surface area contributed by atoms with Crippen molar-refractivity contribution in [1.82, 2.24) is 0 Å². The normalized spacial score (nSPS) is 56.1. The van der Waals surface area contributed by atoms with Crippen LogP contribution >= 0.6 is 0 Å². The Morgan fingerprint density at radius 3 is 1.86 bits per heavy atom. The third-order valence-electron chi connectivity index (χ3n) is 15.9. The zero-order valence-corrected chi connectivity index (χ0v) is 33.2. The highest BCUT2D eigenvalue weighted by Crippen LogP contribution is 2.70. The van der Waals surface area contributed by atoms with Gasteiger partial charge in [0.25, 0.3) is 0 Å². The maximum Gasteiger partial charge on any atom is 0.331 e. The molecule has 0 spiro atoms. The largest absolute Gasteiger partial charge is 0.458 e. The molecule has 7 N–H and O–H groups in total. The van der Waals surface area contributed by atoms with E-state index in [1.54, 1.807) is 13.8 Å². The molecule has 56 heavy (non-hydrogen) atoms. The van der Waals surface area contributed by atoms with Crippen LogP contribution in [0.5, 0.6) is 0 Å².